The molecule has 6 nitrogen and oxygen atoms in total. The zero-order valence-corrected chi connectivity index (χ0v) is 17.4. The first-order valence-electron chi connectivity index (χ1n) is 9.75. The van der Waals surface area contributed by atoms with E-state index in [4.69, 9.17) is 9.47 Å². The van der Waals surface area contributed by atoms with Crippen LogP contribution >= 0.6 is 12.4 Å². The largest absolute Gasteiger partial charge is 0.481 e. The predicted molar refractivity (Wildman–Crippen MR) is 103 cm³/mol. The molecule has 1 aliphatic carbocycles. The molecule has 0 aromatic carbocycles. The van der Waals surface area contributed by atoms with Crippen molar-refractivity contribution in [2.45, 2.75) is 63.4 Å². The van der Waals surface area contributed by atoms with Gasteiger partial charge in [-0.2, -0.15) is 18.2 Å². The summed E-state index contributed by atoms with van der Waals surface area (Å²) in [5, 5.41) is 5.78. The van der Waals surface area contributed by atoms with Gasteiger partial charge in [0.05, 0.1) is 19.1 Å². The predicted octanol–water partition coefficient (Wildman–Crippen LogP) is 3.52. The van der Waals surface area contributed by atoms with E-state index in [1.807, 2.05) is 0 Å². The molecule has 1 amide bonds. The Kier molecular flexibility index (Phi) is 8.54. The van der Waals surface area contributed by atoms with Crippen molar-refractivity contribution >= 4 is 18.3 Å². The van der Waals surface area contributed by atoms with Gasteiger partial charge in [-0.05, 0) is 51.1 Å². The van der Waals surface area contributed by atoms with Crippen molar-refractivity contribution in [2.24, 2.45) is 5.92 Å². The Balaban J connectivity index is 0.00000320. The van der Waals surface area contributed by atoms with Crippen LogP contribution in [0.3, 0.4) is 0 Å². The number of hydrogen-bond acceptors (Lipinski definition) is 5. The number of nitrogens with one attached hydrogen (secondary N) is 2. The third-order valence-electron chi connectivity index (χ3n) is 5.37. The molecule has 30 heavy (non-hydrogen) atoms. The molecule has 2 fully saturated rings. The zero-order chi connectivity index (χ0) is 21.0. The number of ether oxygens (including phenoxy) is 2. The Morgan fingerprint density at radius 2 is 2.03 bits per heavy atom. The fraction of sp³-hybridized carbons (Fsp3) is 0.684. The van der Waals surface area contributed by atoms with Crippen LogP contribution in [0.25, 0.3) is 0 Å². The molecule has 3 rings (SSSR count). The van der Waals surface area contributed by atoms with Crippen LogP contribution in [0, 0.1) is 11.7 Å². The van der Waals surface area contributed by atoms with Crippen LogP contribution in [0.4, 0.5) is 17.6 Å². The second-order valence-electron chi connectivity index (χ2n) is 7.46. The lowest BCUT2D eigenvalue weighted by atomic mass is 9.87. The maximum atomic E-state index is 14.5. The molecule has 1 unspecified atom stereocenters. The van der Waals surface area contributed by atoms with Crippen LogP contribution < -0.4 is 20.1 Å². The van der Waals surface area contributed by atoms with E-state index >= 15 is 0 Å². The van der Waals surface area contributed by atoms with E-state index in [-0.39, 0.29) is 55.5 Å². The summed E-state index contributed by atoms with van der Waals surface area (Å²) in [7, 11) is 1.34. The summed E-state index contributed by atoms with van der Waals surface area (Å²) < 4.78 is 64.0. The van der Waals surface area contributed by atoms with Crippen molar-refractivity contribution in [3.05, 3.63) is 17.4 Å². The number of carbonyl (C=O) groups excluding carboxylic acids is 1. The number of hydrogen-bond donors (Lipinski definition) is 2. The van der Waals surface area contributed by atoms with E-state index in [9.17, 15) is 22.4 Å². The maximum absolute atomic E-state index is 14.5. The topological polar surface area (TPSA) is 72.5 Å². The van der Waals surface area contributed by atoms with Gasteiger partial charge in [0.1, 0.15) is 6.10 Å². The van der Waals surface area contributed by atoms with Gasteiger partial charge in [0, 0.05) is 12.1 Å². The highest BCUT2D eigenvalue weighted by Crippen LogP contribution is 2.39. The molecule has 3 atom stereocenters. The van der Waals surface area contributed by atoms with Crippen molar-refractivity contribution in [1.29, 1.82) is 0 Å². The molecular formula is C19H26ClF4N3O3. The van der Waals surface area contributed by atoms with Gasteiger partial charge < -0.3 is 20.1 Å². The van der Waals surface area contributed by atoms with Crippen molar-refractivity contribution < 1.29 is 31.8 Å². The van der Waals surface area contributed by atoms with Gasteiger partial charge in [-0.3, -0.25) is 4.79 Å². The number of rotatable bonds is 6. The minimum absolute atomic E-state index is 0. The second-order valence-corrected chi connectivity index (χ2v) is 7.46. The summed E-state index contributed by atoms with van der Waals surface area (Å²) >= 11 is 0. The minimum Gasteiger partial charge on any atom is -0.481 e. The highest BCUT2D eigenvalue weighted by atomic mass is 35.5. The summed E-state index contributed by atoms with van der Waals surface area (Å²) in [6.45, 7) is 0.796. The van der Waals surface area contributed by atoms with E-state index in [0.717, 1.165) is 25.5 Å². The molecule has 1 aliphatic heterocycles. The standard InChI is InChI=1S/C19H25F4N3O3.ClH/c1-28-17-11(10-25-16(27)15-6-3-7-24-15)8-14(20)18(26-17)29-13-5-2-4-12(9-13)19(21,22)23;/h8,12-13,15,24H,2-7,9-10H2,1H3,(H,25,27);1H/t12-,13+,15?;/m1./s1. The van der Waals surface area contributed by atoms with Crippen molar-refractivity contribution in [2.75, 3.05) is 13.7 Å². The third kappa shape index (κ3) is 6.10. The van der Waals surface area contributed by atoms with Crippen molar-refractivity contribution in [3.8, 4) is 11.8 Å². The van der Waals surface area contributed by atoms with Gasteiger partial charge >= 0.3 is 6.18 Å². The van der Waals surface area contributed by atoms with Crippen LogP contribution in [0.15, 0.2) is 6.07 Å². The molecule has 170 valence electrons. The van der Waals surface area contributed by atoms with Crippen molar-refractivity contribution in [3.63, 3.8) is 0 Å². The van der Waals surface area contributed by atoms with E-state index < -0.39 is 24.0 Å². The zero-order valence-electron chi connectivity index (χ0n) is 16.6. The number of carbonyl (C=O) groups is 1. The quantitative estimate of drug-likeness (QED) is 0.642. The molecule has 1 aromatic rings. The summed E-state index contributed by atoms with van der Waals surface area (Å²) in [6.07, 6.45) is -2.81. The Morgan fingerprint density at radius 3 is 2.67 bits per heavy atom. The fourth-order valence-electron chi connectivity index (χ4n) is 3.80. The van der Waals surface area contributed by atoms with E-state index in [1.54, 1.807) is 0 Å². The lowest BCUT2D eigenvalue weighted by molar-refractivity contribution is -0.188. The first kappa shape index (κ1) is 24.5. The number of amides is 1. The molecule has 0 radical (unpaired) electrons. The molecule has 2 N–H and O–H groups in total. The lowest BCUT2D eigenvalue weighted by Gasteiger charge is -2.30. The SMILES string of the molecule is COc1nc(O[C@H]2CCC[C@@H](C(F)(F)F)C2)c(F)cc1CNC(=O)C1CCCN1.Cl. The van der Waals surface area contributed by atoms with E-state index in [0.29, 0.717) is 18.4 Å². The molecule has 2 heterocycles. The number of methoxy groups -OCH3 is 1. The maximum Gasteiger partial charge on any atom is 0.391 e. The first-order chi connectivity index (χ1) is 13.8. The van der Waals surface area contributed by atoms with Crippen LogP contribution in [0.5, 0.6) is 11.8 Å². The average Bonchev–Trinajstić information content (AvgIpc) is 3.22. The van der Waals surface area contributed by atoms with Gasteiger partial charge in [-0.15, -0.1) is 12.4 Å². The minimum atomic E-state index is -4.29. The van der Waals surface area contributed by atoms with Crippen LogP contribution in [-0.2, 0) is 11.3 Å². The Hall–Kier alpha value is -1.81. The van der Waals surface area contributed by atoms with Gasteiger partial charge in [0.25, 0.3) is 5.88 Å². The lowest BCUT2D eigenvalue weighted by Crippen LogP contribution is -2.40. The number of pyridine rings is 1. The number of aromatic nitrogens is 1. The fourth-order valence-corrected chi connectivity index (χ4v) is 3.80. The molecule has 0 bridgehead atoms. The molecular weight excluding hydrogens is 430 g/mol. The highest BCUT2D eigenvalue weighted by Gasteiger charge is 2.43. The second kappa shape index (κ2) is 10.5. The van der Waals surface area contributed by atoms with Gasteiger partial charge in [-0.25, -0.2) is 4.39 Å². The third-order valence-corrected chi connectivity index (χ3v) is 5.37. The van der Waals surface area contributed by atoms with Crippen LogP contribution in [0.2, 0.25) is 0 Å². The van der Waals surface area contributed by atoms with Crippen LogP contribution in [0.1, 0.15) is 44.1 Å². The highest BCUT2D eigenvalue weighted by molar-refractivity contribution is 5.85. The normalized spacial score (nSPS) is 24.1. The van der Waals surface area contributed by atoms with Gasteiger partial charge in [0.2, 0.25) is 11.8 Å². The summed E-state index contributed by atoms with van der Waals surface area (Å²) in [6, 6.07) is 0.863. The molecule has 2 aliphatic rings. The molecule has 11 heteroatoms. The van der Waals surface area contributed by atoms with Crippen LogP contribution in [-0.4, -0.2) is 42.9 Å². The number of halogens is 5. The number of nitrogens with zero attached hydrogens (tertiary/aromatic N) is 1. The smallest absolute Gasteiger partial charge is 0.391 e. The molecule has 1 saturated heterocycles. The Labute approximate surface area is 178 Å². The Bertz CT molecular complexity index is 730. The van der Waals surface area contributed by atoms with Gasteiger partial charge in [-0.1, -0.05) is 0 Å². The average molecular weight is 456 g/mol. The summed E-state index contributed by atoms with van der Waals surface area (Å²) in [4.78, 5) is 16.1. The number of alkyl halides is 3. The summed E-state index contributed by atoms with van der Waals surface area (Å²) in [5.74, 6) is -2.77. The van der Waals surface area contributed by atoms with Crippen molar-refractivity contribution in [1.82, 2.24) is 15.6 Å². The Morgan fingerprint density at radius 1 is 1.27 bits per heavy atom. The van der Waals surface area contributed by atoms with Gasteiger partial charge in [0.15, 0.2) is 5.82 Å². The molecule has 1 saturated carbocycles. The monoisotopic (exact) mass is 455 g/mol. The molecule has 1 aromatic heterocycles. The van der Waals surface area contributed by atoms with E-state index in [1.165, 1.54) is 7.11 Å². The first-order valence-corrected chi connectivity index (χ1v) is 9.75. The van der Waals surface area contributed by atoms with E-state index in [2.05, 4.69) is 15.6 Å². The summed E-state index contributed by atoms with van der Waals surface area (Å²) in [5.41, 5.74) is 0.320. The molecule has 0 spiro atoms.